The summed E-state index contributed by atoms with van der Waals surface area (Å²) in [5.41, 5.74) is 0. The number of likely N-dealkylation sites (tertiary alicyclic amines) is 1. The van der Waals surface area contributed by atoms with Crippen LogP contribution in [0.2, 0.25) is 0 Å². The number of hydrogen-bond donors (Lipinski definition) is 2. The second-order valence-electron chi connectivity index (χ2n) is 5.54. The van der Waals surface area contributed by atoms with Gasteiger partial charge in [-0.25, -0.2) is 0 Å². The number of hydrogen-bond acceptors (Lipinski definition) is 4. The van der Waals surface area contributed by atoms with Crippen molar-refractivity contribution in [2.45, 2.75) is 52.4 Å². The first kappa shape index (κ1) is 20.6. The lowest BCUT2D eigenvalue weighted by atomic mass is 10.2. The van der Waals surface area contributed by atoms with E-state index in [1.54, 1.807) is 0 Å². The third kappa shape index (κ3) is 12.4. The second kappa shape index (κ2) is 16.0. The Morgan fingerprint density at radius 3 is 1.80 bits per heavy atom. The van der Waals surface area contributed by atoms with Crippen LogP contribution < -0.4 is 0 Å². The molecule has 0 spiro atoms. The molecule has 0 bridgehead atoms. The molecule has 2 nitrogen and oxygen atoms in total. The predicted molar refractivity (Wildman–Crippen MR) is 99.6 cm³/mol. The lowest BCUT2D eigenvalue weighted by Gasteiger charge is -2.20. The van der Waals surface area contributed by atoms with Gasteiger partial charge in [-0.1, -0.05) is 26.7 Å². The topological polar surface area (TPSA) is 6.48 Å². The minimum Gasteiger partial charge on any atom is -0.303 e. The Morgan fingerprint density at radius 1 is 0.850 bits per heavy atom. The number of unbranched alkanes of at least 4 members (excludes halogenated alkanes) is 2. The molecule has 1 rings (SSSR count). The van der Waals surface area contributed by atoms with Gasteiger partial charge in [-0.3, -0.25) is 0 Å². The first-order valence-electron chi connectivity index (χ1n) is 8.44. The summed E-state index contributed by atoms with van der Waals surface area (Å²) in [4.78, 5) is 4.99. The van der Waals surface area contributed by atoms with Crippen LogP contribution in [-0.2, 0) is 0 Å². The molecule has 0 N–H and O–H groups in total. The van der Waals surface area contributed by atoms with Gasteiger partial charge in [-0.15, -0.1) is 0 Å². The molecule has 0 aromatic heterocycles. The highest BCUT2D eigenvalue weighted by Crippen LogP contribution is 2.05. The van der Waals surface area contributed by atoms with E-state index < -0.39 is 0 Å². The van der Waals surface area contributed by atoms with Gasteiger partial charge in [0, 0.05) is 24.6 Å². The van der Waals surface area contributed by atoms with Gasteiger partial charge in [-0.2, -0.15) is 25.3 Å². The fourth-order valence-electron chi connectivity index (χ4n) is 2.39. The lowest BCUT2D eigenvalue weighted by molar-refractivity contribution is 0.281. The normalized spacial score (nSPS) is 15.4. The van der Waals surface area contributed by atoms with Crippen LogP contribution >= 0.6 is 25.3 Å². The monoisotopic (exact) mass is 320 g/mol. The van der Waals surface area contributed by atoms with Gasteiger partial charge in [-0.05, 0) is 51.9 Å². The molecule has 0 atom stereocenters. The van der Waals surface area contributed by atoms with Crippen LogP contribution in [0.4, 0.5) is 0 Å². The Morgan fingerprint density at radius 2 is 1.40 bits per heavy atom. The number of thiol groups is 2. The molecule has 1 saturated heterocycles. The van der Waals surface area contributed by atoms with Gasteiger partial charge in [0.1, 0.15) is 0 Å². The van der Waals surface area contributed by atoms with Gasteiger partial charge in [0.05, 0.1) is 0 Å². The highest BCUT2D eigenvalue weighted by atomic mass is 32.1. The zero-order valence-corrected chi connectivity index (χ0v) is 15.5. The van der Waals surface area contributed by atoms with Crippen molar-refractivity contribution < 1.29 is 0 Å². The molecule has 122 valence electrons. The number of rotatable bonds is 10. The molecule has 0 unspecified atom stereocenters. The van der Waals surface area contributed by atoms with E-state index in [1.807, 2.05) is 0 Å². The molecule has 0 aromatic carbocycles. The van der Waals surface area contributed by atoms with E-state index >= 15 is 0 Å². The van der Waals surface area contributed by atoms with E-state index in [9.17, 15) is 0 Å². The van der Waals surface area contributed by atoms with Crippen LogP contribution in [0.3, 0.4) is 0 Å². The largest absolute Gasteiger partial charge is 0.303 e. The van der Waals surface area contributed by atoms with Gasteiger partial charge in [0.15, 0.2) is 0 Å². The molecular formula is C16H36N2S2. The van der Waals surface area contributed by atoms with Crippen molar-refractivity contribution in [3.8, 4) is 0 Å². The van der Waals surface area contributed by atoms with Crippen LogP contribution in [-0.4, -0.2) is 60.6 Å². The van der Waals surface area contributed by atoms with Gasteiger partial charge >= 0.3 is 0 Å². The highest BCUT2D eigenvalue weighted by Gasteiger charge is 2.08. The Labute approximate surface area is 138 Å². The molecule has 20 heavy (non-hydrogen) atoms. The van der Waals surface area contributed by atoms with E-state index in [4.69, 9.17) is 0 Å². The second-order valence-corrected chi connectivity index (χ2v) is 6.44. The maximum Gasteiger partial charge on any atom is 0.00698 e. The van der Waals surface area contributed by atoms with Gasteiger partial charge in [0.2, 0.25) is 0 Å². The summed E-state index contributed by atoms with van der Waals surface area (Å²) in [5, 5.41) is 0. The first-order valence-corrected chi connectivity index (χ1v) is 9.71. The molecule has 1 heterocycles. The molecule has 4 heteroatoms. The summed E-state index contributed by atoms with van der Waals surface area (Å²) >= 11 is 8.42. The average molecular weight is 321 g/mol. The molecule has 0 radical (unpaired) electrons. The summed E-state index contributed by atoms with van der Waals surface area (Å²) in [6, 6.07) is 0. The minimum atomic E-state index is 0.993. The molecule has 0 aliphatic carbocycles. The highest BCUT2D eigenvalue weighted by molar-refractivity contribution is 7.80. The van der Waals surface area contributed by atoms with E-state index in [2.05, 4.69) is 48.9 Å². The zero-order valence-electron chi connectivity index (χ0n) is 13.7. The van der Waals surface area contributed by atoms with Crippen molar-refractivity contribution in [1.29, 1.82) is 0 Å². The van der Waals surface area contributed by atoms with Crippen molar-refractivity contribution in [1.82, 2.24) is 9.80 Å². The summed E-state index contributed by atoms with van der Waals surface area (Å²) < 4.78 is 0. The van der Waals surface area contributed by atoms with Crippen LogP contribution in [0, 0.1) is 0 Å². The first-order chi connectivity index (χ1) is 9.78. The predicted octanol–water partition coefficient (Wildman–Crippen LogP) is 3.83. The minimum absolute atomic E-state index is 0.993. The molecule has 0 amide bonds. The van der Waals surface area contributed by atoms with Gasteiger partial charge in [0.25, 0.3) is 0 Å². The summed E-state index contributed by atoms with van der Waals surface area (Å²) in [5.74, 6) is 2.01. The molecule has 1 aliphatic rings. The maximum absolute atomic E-state index is 4.26. The SMILES string of the molecule is CCCCN(CCS)CCCC.SCCN1CCCC1. The van der Waals surface area contributed by atoms with Crippen molar-refractivity contribution in [2.24, 2.45) is 0 Å². The molecule has 0 aromatic rings. The van der Waals surface area contributed by atoms with Crippen molar-refractivity contribution in [3.05, 3.63) is 0 Å². The van der Waals surface area contributed by atoms with Crippen molar-refractivity contribution in [2.75, 3.05) is 50.8 Å². The molecule has 1 fully saturated rings. The van der Waals surface area contributed by atoms with Gasteiger partial charge < -0.3 is 9.80 Å². The fraction of sp³-hybridized carbons (Fsp3) is 1.00. The van der Waals surface area contributed by atoms with Crippen molar-refractivity contribution >= 4 is 25.3 Å². The molecule has 0 saturated carbocycles. The smallest absolute Gasteiger partial charge is 0.00698 e. The Balaban J connectivity index is 0.000000388. The maximum atomic E-state index is 4.26. The third-order valence-electron chi connectivity index (χ3n) is 3.69. The zero-order chi connectivity index (χ0) is 15.1. The summed E-state index contributed by atoms with van der Waals surface area (Å²) in [7, 11) is 0. The standard InChI is InChI=1S/C10H23NS.C6H13NS/c1-3-5-7-11(9-10-12)8-6-4-2;8-6-5-7-3-1-2-4-7/h12H,3-10H2,1-2H3;8H,1-6H2. The van der Waals surface area contributed by atoms with E-state index in [-0.39, 0.29) is 0 Å². The van der Waals surface area contributed by atoms with Crippen LogP contribution in [0.1, 0.15) is 52.4 Å². The van der Waals surface area contributed by atoms with Crippen LogP contribution in [0.15, 0.2) is 0 Å². The van der Waals surface area contributed by atoms with E-state index in [0.29, 0.717) is 0 Å². The molecular weight excluding hydrogens is 284 g/mol. The van der Waals surface area contributed by atoms with E-state index in [1.165, 1.54) is 71.2 Å². The Kier molecular flexibility index (Phi) is 16.5. The van der Waals surface area contributed by atoms with Crippen LogP contribution in [0.5, 0.6) is 0 Å². The lowest BCUT2D eigenvalue weighted by Crippen LogP contribution is -2.28. The summed E-state index contributed by atoms with van der Waals surface area (Å²) in [6.07, 6.45) is 8.06. The quantitative estimate of drug-likeness (QED) is 0.591. The number of nitrogens with zero attached hydrogens (tertiary/aromatic N) is 2. The third-order valence-corrected chi connectivity index (χ3v) is 4.09. The molecule has 1 aliphatic heterocycles. The average Bonchev–Trinajstić information content (AvgIpc) is 2.96. The fourth-order valence-corrected chi connectivity index (χ4v) is 2.95. The van der Waals surface area contributed by atoms with E-state index in [0.717, 1.165) is 18.1 Å². The van der Waals surface area contributed by atoms with Crippen LogP contribution in [0.25, 0.3) is 0 Å². The van der Waals surface area contributed by atoms with Crippen molar-refractivity contribution in [3.63, 3.8) is 0 Å². The Hall–Kier alpha value is 0.620. The Bertz CT molecular complexity index is 177. The summed E-state index contributed by atoms with van der Waals surface area (Å²) in [6.45, 7) is 12.0.